The van der Waals surface area contributed by atoms with Crippen molar-refractivity contribution in [3.05, 3.63) is 48.4 Å². The maximum Gasteiger partial charge on any atom is 0.319 e. The minimum absolute atomic E-state index is 0.0330. The van der Waals surface area contributed by atoms with Crippen LogP contribution in [0, 0.1) is 0 Å². The summed E-state index contributed by atoms with van der Waals surface area (Å²) >= 11 is 0. The second kappa shape index (κ2) is 8.42. The molecule has 0 radical (unpaired) electrons. The predicted molar refractivity (Wildman–Crippen MR) is 97.4 cm³/mol. The quantitative estimate of drug-likeness (QED) is 0.861. The molecule has 0 bridgehead atoms. The molecular weight excluding hydrogens is 334 g/mol. The normalized spacial score (nSPS) is 14.7. The van der Waals surface area contributed by atoms with Gasteiger partial charge in [0.25, 0.3) is 5.91 Å². The summed E-state index contributed by atoms with van der Waals surface area (Å²) in [5.74, 6) is 0.686. The van der Waals surface area contributed by atoms with Gasteiger partial charge in [0.1, 0.15) is 12.0 Å². The number of urea groups is 1. The Balaban J connectivity index is 1.46. The molecule has 0 unspecified atom stereocenters. The zero-order valence-electron chi connectivity index (χ0n) is 14.7. The number of carbonyl (C=O) groups is 2. The van der Waals surface area contributed by atoms with Gasteiger partial charge in [-0.05, 0) is 38.0 Å². The van der Waals surface area contributed by atoms with Crippen molar-refractivity contribution < 1.29 is 18.7 Å². The van der Waals surface area contributed by atoms with E-state index in [9.17, 15) is 9.59 Å². The summed E-state index contributed by atoms with van der Waals surface area (Å²) in [7, 11) is 0. The number of amides is 3. The van der Waals surface area contributed by atoms with Gasteiger partial charge in [0.2, 0.25) is 0 Å². The summed E-state index contributed by atoms with van der Waals surface area (Å²) in [6.07, 6.45) is 4.38. The topological polar surface area (TPSA) is 83.8 Å². The number of rotatable bonds is 5. The smallest absolute Gasteiger partial charge is 0.319 e. The van der Waals surface area contributed by atoms with Crippen LogP contribution in [0.2, 0.25) is 0 Å². The first-order chi connectivity index (χ1) is 12.7. The number of likely N-dealkylation sites (tertiary alicyclic amines) is 1. The second-order valence-corrected chi connectivity index (χ2v) is 6.14. The van der Waals surface area contributed by atoms with Gasteiger partial charge < -0.3 is 24.7 Å². The largest absolute Gasteiger partial charge is 0.494 e. The lowest BCUT2D eigenvalue weighted by Gasteiger charge is -2.32. The van der Waals surface area contributed by atoms with Crippen LogP contribution in [0.3, 0.4) is 0 Å². The maximum atomic E-state index is 12.3. The Bertz CT molecular complexity index is 737. The average Bonchev–Trinajstić information content (AvgIpc) is 3.17. The molecule has 26 heavy (non-hydrogen) atoms. The third-order valence-corrected chi connectivity index (χ3v) is 4.29. The third-order valence-electron chi connectivity index (χ3n) is 4.29. The molecule has 1 fully saturated rings. The molecule has 1 aromatic carbocycles. The molecular formula is C19H23N3O4. The van der Waals surface area contributed by atoms with Gasteiger partial charge in [-0.1, -0.05) is 6.07 Å². The molecule has 0 spiro atoms. The lowest BCUT2D eigenvalue weighted by Crippen LogP contribution is -2.47. The fourth-order valence-electron chi connectivity index (χ4n) is 2.98. The highest BCUT2D eigenvalue weighted by molar-refractivity contribution is 5.94. The number of ether oxygens (including phenoxy) is 1. The summed E-state index contributed by atoms with van der Waals surface area (Å²) < 4.78 is 10.4. The van der Waals surface area contributed by atoms with Crippen LogP contribution in [0.15, 0.2) is 47.3 Å². The van der Waals surface area contributed by atoms with Crippen molar-refractivity contribution in [1.29, 1.82) is 0 Å². The van der Waals surface area contributed by atoms with Crippen molar-refractivity contribution in [2.24, 2.45) is 0 Å². The number of nitrogens with one attached hydrogen (secondary N) is 2. The summed E-state index contributed by atoms with van der Waals surface area (Å²) in [5, 5.41) is 5.79. The molecule has 0 aliphatic carbocycles. The number of piperidine rings is 1. The number of hydrogen-bond donors (Lipinski definition) is 2. The molecule has 2 heterocycles. The molecule has 1 aromatic heterocycles. The Morgan fingerprint density at radius 2 is 2.08 bits per heavy atom. The van der Waals surface area contributed by atoms with Gasteiger partial charge in [-0.25, -0.2) is 4.79 Å². The van der Waals surface area contributed by atoms with Gasteiger partial charge in [0.15, 0.2) is 0 Å². The van der Waals surface area contributed by atoms with Crippen LogP contribution in [-0.4, -0.2) is 42.6 Å². The van der Waals surface area contributed by atoms with Crippen LogP contribution in [0.5, 0.6) is 5.75 Å². The van der Waals surface area contributed by atoms with Gasteiger partial charge >= 0.3 is 6.03 Å². The SMILES string of the molecule is CCOc1cccc(NC(=O)NC2CCN(C(=O)c3ccoc3)CC2)c1. The molecule has 1 saturated heterocycles. The van der Waals surface area contributed by atoms with Gasteiger partial charge in [-0.2, -0.15) is 0 Å². The highest BCUT2D eigenvalue weighted by atomic mass is 16.5. The van der Waals surface area contributed by atoms with Crippen LogP contribution < -0.4 is 15.4 Å². The van der Waals surface area contributed by atoms with Crippen LogP contribution >= 0.6 is 0 Å². The van der Waals surface area contributed by atoms with E-state index in [2.05, 4.69) is 10.6 Å². The number of hydrogen-bond acceptors (Lipinski definition) is 4. The summed E-state index contributed by atoms with van der Waals surface area (Å²) in [4.78, 5) is 26.3. The van der Waals surface area contributed by atoms with Crippen LogP contribution in [0.1, 0.15) is 30.1 Å². The average molecular weight is 357 g/mol. The van der Waals surface area contributed by atoms with E-state index >= 15 is 0 Å². The lowest BCUT2D eigenvalue weighted by molar-refractivity contribution is 0.0708. The first kappa shape index (κ1) is 17.8. The minimum Gasteiger partial charge on any atom is -0.494 e. The molecule has 1 aliphatic heterocycles. The third kappa shape index (κ3) is 4.56. The van der Waals surface area contributed by atoms with Crippen molar-refractivity contribution in [3.63, 3.8) is 0 Å². The molecule has 7 heteroatoms. The molecule has 0 atom stereocenters. The molecule has 7 nitrogen and oxygen atoms in total. The van der Waals surface area contributed by atoms with Crippen LogP contribution in [0.4, 0.5) is 10.5 Å². The van der Waals surface area contributed by atoms with E-state index in [1.54, 1.807) is 17.0 Å². The number of carbonyl (C=O) groups excluding carboxylic acids is 2. The Hall–Kier alpha value is -2.96. The summed E-state index contributed by atoms with van der Waals surface area (Å²) in [5.41, 5.74) is 1.24. The molecule has 1 aliphatic rings. The summed E-state index contributed by atoms with van der Waals surface area (Å²) in [6.45, 7) is 3.70. The Morgan fingerprint density at radius 3 is 2.77 bits per heavy atom. The highest BCUT2D eigenvalue weighted by Crippen LogP contribution is 2.18. The monoisotopic (exact) mass is 357 g/mol. The van der Waals surface area contributed by atoms with Gasteiger partial charge in [-0.15, -0.1) is 0 Å². The molecule has 138 valence electrons. The second-order valence-electron chi connectivity index (χ2n) is 6.14. The highest BCUT2D eigenvalue weighted by Gasteiger charge is 2.25. The van der Waals surface area contributed by atoms with E-state index in [1.807, 2.05) is 25.1 Å². The number of furan rings is 1. The van der Waals surface area contributed by atoms with E-state index in [4.69, 9.17) is 9.15 Å². The van der Waals surface area contributed by atoms with Crippen LogP contribution in [-0.2, 0) is 0 Å². The van der Waals surface area contributed by atoms with E-state index in [0.717, 1.165) is 18.6 Å². The first-order valence-electron chi connectivity index (χ1n) is 8.77. The van der Waals surface area contributed by atoms with Crippen molar-refractivity contribution in [2.75, 3.05) is 25.0 Å². The minimum atomic E-state index is -0.252. The Morgan fingerprint density at radius 1 is 1.27 bits per heavy atom. The number of benzene rings is 1. The van der Waals surface area contributed by atoms with Crippen molar-refractivity contribution in [1.82, 2.24) is 10.2 Å². The van der Waals surface area contributed by atoms with Gasteiger partial charge in [0.05, 0.1) is 18.4 Å². The Kier molecular flexibility index (Phi) is 5.78. The van der Waals surface area contributed by atoms with E-state index in [1.165, 1.54) is 12.5 Å². The van der Waals surface area contributed by atoms with E-state index < -0.39 is 0 Å². The number of nitrogens with zero attached hydrogens (tertiary/aromatic N) is 1. The molecule has 3 rings (SSSR count). The zero-order chi connectivity index (χ0) is 18.4. The van der Waals surface area contributed by atoms with Crippen molar-refractivity contribution in [3.8, 4) is 5.75 Å². The van der Waals surface area contributed by atoms with E-state index in [0.29, 0.717) is 30.9 Å². The van der Waals surface area contributed by atoms with Gasteiger partial charge in [-0.3, -0.25) is 4.79 Å². The van der Waals surface area contributed by atoms with E-state index in [-0.39, 0.29) is 18.0 Å². The fraction of sp³-hybridized carbons (Fsp3) is 0.368. The standard InChI is InChI=1S/C19H23N3O4/c1-2-26-17-5-3-4-16(12-17)21-19(24)20-15-6-9-22(10-7-15)18(23)14-8-11-25-13-14/h3-5,8,11-13,15H,2,6-7,9-10H2,1H3,(H2,20,21,24). The summed E-state index contributed by atoms with van der Waals surface area (Å²) in [6, 6.07) is 8.73. The lowest BCUT2D eigenvalue weighted by atomic mass is 10.0. The van der Waals surface area contributed by atoms with Crippen molar-refractivity contribution in [2.45, 2.75) is 25.8 Å². The molecule has 0 saturated carbocycles. The molecule has 3 amide bonds. The molecule has 2 aromatic rings. The van der Waals surface area contributed by atoms with Crippen LogP contribution in [0.25, 0.3) is 0 Å². The Labute approximate surface area is 152 Å². The fourth-order valence-corrected chi connectivity index (χ4v) is 2.98. The van der Waals surface area contributed by atoms with Crippen molar-refractivity contribution >= 4 is 17.6 Å². The van der Waals surface area contributed by atoms with Gasteiger partial charge in [0, 0.05) is 30.9 Å². The molecule has 2 N–H and O–H groups in total. The first-order valence-corrected chi connectivity index (χ1v) is 8.77. The zero-order valence-corrected chi connectivity index (χ0v) is 14.7. The maximum absolute atomic E-state index is 12.3. The number of anilines is 1. The predicted octanol–water partition coefficient (Wildman–Crippen LogP) is 3.10.